The maximum Gasteiger partial charge on any atom is 0.184 e. The van der Waals surface area contributed by atoms with Crippen molar-refractivity contribution in [1.29, 1.82) is 5.26 Å². The molecule has 0 aliphatic rings. The van der Waals surface area contributed by atoms with Gasteiger partial charge in [0.25, 0.3) is 0 Å². The number of hydrogen-bond acceptors (Lipinski definition) is 3. The first-order valence-corrected chi connectivity index (χ1v) is 6.55. The van der Waals surface area contributed by atoms with Crippen molar-refractivity contribution in [2.45, 2.75) is 20.4 Å². The zero-order valence-electron chi connectivity index (χ0n) is 10.6. The lowest BCUT2D eigenvalue weighted by Crippen LogP contribution is -2.13. The monoisotopic (exact) mass is 317 g/mol. The minimum atomic E-state index is -0.0254. The Morgan fingerprint density at radius 1 is 1.37 bits per heavy atom. The summed E-state index contributed by atoms with van der Waals surface area (Å²) in [5.41, 5.74) is 2.93. The normalized spacial score (nSPS) is 10.2. The second-order valence-electron chi connectivity index (χ2n) is 4.25. The second-order valence-corrected chi connectivity index (χ2v) is 5.05. The molecule has 2 aromatic rings. The SMILES string of the molecule is Cc1nn(CC(=O)c2ccc(C#N)cc2)c(C)c1Br. The van der Waals surface area contributed by atoms with E-state index in [0.29, 0.717) is 11.1 Å². The first-order chi connectivity index (χ1) is 9.02. The first-order valence-electron chi connectivity index (χ1n) is 5.76. The molecule has 0 aliphatic carbocycles. The minimum absolute atomic E-state index is 0.0254. The predicted molar refractivity (Wildman–Crippen MR) is 74.9 cm³/mol. The topological polar surface area (TPSA) is 58.7 Å². The van der Waals surface area contributed by atoms with E-state index in [1.54, 1.807) is 28.9 Å². The number of ketones is 1. The van der Waals surface area contributed by atoms with Gasteiger partial charge in [-0.05, 0) is 41.9 Å². The number of halogens is 1. The average molecular weight is 318 g/mol. The van der Waals surface area contributed by atoms with Crippen molar-refractivity contribution in [1.82, 2.24) is 9.78 Å². The lowest BCUT2D eigenvalue weighted by atomic mass is 10.1. The summed E-state index contributed by atoms with van der Waals surface area (Å²) < 4.78 is 2.61. The molecule has 0 amide bonds. The Morgan fingerprint density at radius 3 is 2.47 bits per heavy atom. The van der Waals surface area contributed by atoms with Crippen LogP contribution in [0.4, 0.5) is 0 Å². The molecular weight excluding hydrogens is 306 g/mol. The lowest BCUT2D eigenvalue weighted by molar-refractivity contribution is 0.0966. The quantitative estimate of drug-likeness (QED) is 0.817. The molecule has 1 heterocycles. The molecule has 0 radical (unpaired) electrons. The van der Waals surface area contributed by atoms with Crippen LogP contribution < -0.4 is 0 Å². The van der Waals surface area contributed by atoms with Gasteiger partial charge >= 0.3 is 0 Å². The number of rotatable bonds is 3. The summed E-state index contributed by atoms with van der Waals surface area (Å²) in [5.74, 6) is -0.0254. The van der Waals surface area contributed by atoms with Crippen LogP contribution in [0.1, 0.15) is 27.3 Å². The predicted octanol–water partition coefficient (Wildman–Crippen LogP) is 3.02. The number of carbonyl (C=O) groups excluding carboxylic acids is 1. The molecule has 4 nitrogen and oxygen atoms in total. The highest BCUT2D eigenvalue weighted by atomic mass is 79.9. The molecule has 0 saturated heterocycles. The van der Waals surface area contributed by atoms with Crippen molar-refractivity contribution in [3.05, 3.63) is 51.3 Å². The van der Waals surface area contributed by atoms with Crippen molar-refractivity contribution >= 4 is 21.7 Å². The maximum atomic E-state index is 12.1. The van der Waals surface area contributed by atoms with Crippen LogP contribution in [-0.2, 0) is 6.54 Å². The van der Waals surface area contributed by atoms with Gasteiger partial charge in [0.05, 0.1) is 27.5 Å². The van der Waals surface area contributed by atoms with Crippen molar-refractivity contribution in [2.75, 3.05) is 0 Å². The van der Waals surface area contributed by atoms with Gasteiger partial charge in [-0.2, -0.15) is 10.4 Å². The van der Waals surface area contributed by atoms with E-state index in [0.717, 1.165) is 15.9 Å². The van der Waals surface area contributed by atoms with E-state index in [4.69, 9.17) is 5.26 Å². The number of nitriles is 1. The first kappa shape index (κ1) is 13.5. The Bertz CT molecular complexity index is 665. The van der Waals surface area contributed by atoms with Gasteiger partial charge in [-0.3, -0.25) is 9.48 Å². The van der Waals surface area contributed by atoms with Gasteiger partial charge in [0.2, 0.25) is 0 Å². The molecule has 2 rings (SSSR count). The highest BCUT2D eigenvalue weighted by Gasteiger charge is 2.13. The van der Waals surface area contributed by atoms with E-state index in [1.807, 2.05) is 19.9 Å². The zero-order valence-corrected chi connectivity index (χ0v) is 12.2. The molecule has 0 bridgehead atoms. The molecule has 0 N–H and O–H groups in total. The van der Waals surface area contributed by atoms with E-state index < -0.39 is 0 Å². The summed E-state index contributed by atoms with van der Waals surface area (Å²) in [6.07, 6.45) is 0. The van der Waals surface area contributed by atoms with Gasteiger partial charge < -0.3 is 0 Å². The molecule has 19 heavy (non-hydrogen) atoms. The molecule has 0 aliphatic heterocycles. The molecule has 96 valence electrons. The fraction of sp³-hybridized carbons (Fsp3) is 0.214. The van der Waals surface area contributed by atoms with Crippen molar-refractivity contribution < 1.29 is 4.79 Å². The fourth-order valence-corrected chi connectivity index (χ4v) is 2.07. The fourth-order valence-electron chi connectivity index (χ4n) is 1.79. The number of benzene rings is 1. The number of Topliss-reactive ketones (excluding diaryl/α,β-unsaturated/α-hetero) is 1. The summed E-state index contributed by atoms with van der Waals surface area (Å²) >= 11 is 3.43. The third-order valence-corrected chi connectivity index (χ3v) is 4.07. The van der Waals surface area contributed by atoms with Crippen LogP contribution in [0.15, 0.2) is 28.7 Å². The van der Waals surface area contributed by atoms with Crippen LogP contribution in [-0.4, -0.2) is 15.6 Å². The maximum absolute atomic E-state index is 12.1. The average Bonchev–Trinajstić information content (AvgIpc) is 2.66. The Hall–Kier alpha value is -1.93. The molecule has 0 atom stereocenters. The number of aromatic nitrogens is 2. The van der Waals surface area contributed by atoms with Crippen molar-refractivity contribution in [3.8, 4) is 6.07 Å². The van der Waals surface area contributed by atoms with Crippen molar-refractivity contribution in [3.63, 3.8) is 0 Å². The Labute approximate surface area is 119 Å². The van der Waals surface area contributed by atoms with Crippen LogP contribution in [0.2, 0.25) is 0 Å². The lowest BCUT2D eigenvalue weighted by Gasteiger charge is -2.04. The smallest absolute Gasteiger partial charge is 0.184 e. The van der Waals surface area contributed by atoms with Crippen LogP contribution >= 0.6 is 15.9 Å². The number of nitrogens with zero attached hydrogens (tertiary/aromatic N) is 3. The standard InChI is InChI=1S/C14H12BrN3O/c1-9-14(15)10(2)18(17-9)8-13(19)12-5-3-11(7-16)4-6-12/h3-6H,8H2,1-2H3. The van der Waals surface area contributed by atoms with Crippen LogP contribution in [0.3, 0.4) is 0 Å². The molecule has 0 saturated carbocycles. The third-order valence-electron chi connectivity index (χ3n) is 2.92. The summed E-state index contributed by atoms with van der Waals surface area (Å²) in [7, 11) is 0. The van der Waals surface area contributed by atoms with Gasteiger partial charge in [-0.15, -0.1) is 0 Å². The Morgan fingerprint density at radius 2 is 2.00 bits per heavy atom. The van der Waals surface area contributed by atoms with Crippen LogP contribution in [0.5, 0.6) is 0 Å². The van der Waals surface area contributed by atoms with E-state index in [9.17, 15) is 4.79 Å². The summed E-state index contributed by atoms with van der Waals surface area (Å²) in [5, 5.41) is 13.0. The summed E-state index contributed by atoms with van der Waals surface area (Å²) in [4.78, 5) is 12.1. The van der Waals surface area contributed by atoms with Crippen molar-refractivity contribution in [2.24, 2.45) is 0 Å². The van der Waals surface area contributed by atoms with Gasteiger partial charge in [-0.1, -0.05) is 12.1 Å². The number of hydrogen-bond donors (Lipinski definition) is 0. The summed E-state index contributed by atoms with van der Waals surface area (Å²) in [6.45, 7) is 4.00. The van der Waals surface area contributed by atoms with Crippen LogP contribution in [0.25, 0.3) is 0 Å². The van der Waals surface area contributed by atoms with Gasteiger partial charge in [0, 0.05) is 5.56 Å². The van der Waals surface area contributed by atoms with Gasteiger partial charge in [-0.25, -0.2) is 0 Å². The highest BCUT2D eigenvalue weighted by Crippen LogP contribution is 2.20. The number of aryl methyl sites for hydroxylation is 1. The van der Waals surface area contributed by atoms with E-state index >= 15 is 0 Å². The Kier molecular flexibility index (Phi) is 3.82. The Balaban J connectivity index is 2.21. The van der Waals surface area contributed by atoms with E-state index in [1.165, 1.54) is 0 Å². The third kappa shape index (κ3) is 2.74. The summed E-state index contributed by atoms with van der Waals surface area (Å²) in [6, 6.07) is 8.65. The second kappa shape index (κ2) is 5.37. The molecule has 5 heteroatoms. The van der Waals surface area contributed by atoms with Gasteiger partial charge in [0.15, 0.2) is 5.78 Å². The number of carbonyl (C=O) groups is 1. The molecule has 0 unspecified atom stereocenters. The molecule has 1 aromatic heterocycles. The largest absolute Gasteiger partial charge is 0.292 e. The highest BCUT2D eigenvalue weighted by molar-refractivity contribution is 9.10. The zero-order chi connectivity index (χ0) is 14.0. The van der Waals surface area contributed by atoms with Crippen LogP contribution in [0, 0.1) is 25.2 Å². The van der Waals surface area contributed by atoms with Gasteiger partial charge in [0.1, 0.15) is 6.54 Å². The van der Waals surface area contributed by atoms with E-state index in [2.05, 4.69) is 21.0 Å². The molecular formula is C14H12BrN3O. The molecule has 1 aromatic carbocycles. The van der Waals surface area contributed by atoms with E-state index in [-0.39, 0.29) is 12.3 Å². The molecule has 0 spiro atoms. The molecule has 0 fully saturated rings. The minimum Gasteiger partial charge on any atom is -0.292 e.